The van der Waals surface area contributed by atoms with Crippen LogP contribution in [0.3, 0.4) is 0 Å². The summed E-state index contributed by atoms with van der Waals surface area (Å²) in [5.74, 6) is 0.112. The summed E-state index contributed by atoms with van der Waals surface area (Å²) >= 11 is 0. The highest BCUT2D eigenvalue weighted by molar-refractivity contribution is 5.95. The molecule has 30 heavy (non-hydrogen) atoms. The van der Waals surface area contributed by atoms with Crippen molar-refractivity contribution in [2.75, 3.05) is 6.54 Å². The molecule has 0 aliphatic heterocycles. The molecule has 0 heterocycles. The lowest BCUT2D eigenvalue weighted by atomic mass is 10.1. The second-order valence-electron chi connectivity index (χ2n) is 9.10. The van der Waals surface area contributed by atoms with Gasteiger partial charge >= 0.3 is 0 Å². The van der Waals surface area contributed by atoms with Crippen molar-refractivity contribution in [1.29, 1.82) is 0 Å². The maximum atomic E-state index is 12.5. The Hall–Kier alpha value is -0.860. The van der Waals surface area contributed by atoms with Gasteiger partial charge in [0.25, 0.3) is 0 Å². The van der Waals surface area contributed by atoms with Crippen LogP contribution in [0, 0.1) is 0 Å². The van der Waals surface area contributed by atoms with E-state index in [1.165, 1.54) is 89.9 Å². The van der Waals surface area contributed by atoms with Gasteiger partial charge in [0.2, 0.25) is 11.8 Å². The van der Waals surface area contributed by atoms with Crippen molar-refractivity contribution in [2.45, 2.75) is 156 Å². The number of carbonyl (C=O) groups is 2. The van der Waals surface area contributed by atoms with E-state index in [1.54, 1.807) is 4.90 Å². The van der Waals surface area contributed by atoms with Gasteiger partial charge in [-0.2, -0.15) is 0 Å². The molecule has 0 aliphatic rings. The molecule has 178 valence electrons. The molecule has 0 aromatic rings. The maximum absolute atomic E-state index is 12.5. The van der Waals surface area contributed by atoms with Crippen molar-refractivity contribution >= 4 is 11.8 Å². The summed E-state index contributed by atoms with van der Waals surface area (Å²) in [6.07, 6.45) is 24.4. The Morgan fingerprint density at radius 3 is 1.03 bits per heavy atom. The van der Waals surface area contributed by atoms with Gasteiger partial charge < -0.3 is 0 Å². The molecule has 3 nitrogen and oxygen atoms in total. The van der Waals surface area contributed by atoms with Crippen molar-refractivity contribution in [3.05, 3.63) is 0 Å². The first-order chi connectivity index (χ1) is 14.7. The molecule has 0 atom stereocenters. The fourth-order valence-corrected chi connectivity index (χ4v) is 4.06. The standard InChI is InChI=1S/C27H53NO2/c1-4-7-9-11-13-15-17-19-21-23-26(29)28(25-6-3)27(30)24-22-20-18-16-14-12-10-8-5-2/h4-25H2,1-3H3. The third-order valence-electron chi connectivity index (χ3n) is 6.04. The summed E-state index contributed by atoms with van der Waals surface area (Å²) < 4.78 is 0. The average molecular weight is 424 g/mol. The monoisotopic (exact) mass is 423 g/mol. The Morgan fingerprint density at radius 2 is 0.733 bits per heavy atom. The van der Waals surface area contributed by atoms with Crippen LogP contribution in [0.5, 0.6) is 0 Å². The Morgan fingerprint density at radius 1 is 0.433 bits per heavy atom. The zero-order valence-electron chi connectivity index (χ0n) is 20.8. The van der Waals surface area contributed by atoms with E-state index < -0.39 is 0 Å². The molecule has 3 heteroatoms. The third kappa shape index (κ3) is 18.0. The van der Waals surface area contributed by atoms with Gasteiger partial charge in [-0.25, -0.2) is 0 Å². The van der Waals surface area contributed by atoms with Crippen LogP contribution in [0.25, 0.3) is 0 Å². The molecule has 0 radical (unpaired) electrons. The summed E-state index contributed by atoms with van der Waals surface area (Å²) in [6.45, 7) is 7.14. The van der Waals surface area contributed by atoms with Crippen molar-refractivity contribution in [1.82, 2.24) is 4.90 Å². The Kier molecular flexibility index (Phi) is 22.2. The Balaban J connectivity index is 3.83. The van der Waals surface area contributed by atoms with Gasteiger partial charge in [0.05, 0.1) is 0 Å². The minimum atomic E-state index is 0.0562. The molecular weight excluding hydrogens is 370 g/mol. The second kappa shape index (κ2) is 22.8. The Bertz CT molecular complexity index is 360. The molecule has 2 amide bonds. The molecule has 0 aliphatic carbocycles. The van der Waals surface area contributed by atoms with Crippen LogP contribution in [0.2, 0.25) is 0 Å². The van der Waals surface area contributed by atoms with Crippen LogP contribution in [0.4, 0.5) is 0 Å². The van der Waals surface area contributed by atoms with Crippen LogP contribution in [-0.4, -0.2) is 23.3 Å². The highest BCUT2D eigenvalue weighted by Gasteiger charge is 2.19. The summed E-state index contributed by atoms with van der Waals surface area (Å²) in [5, 5.41) is 0. The van der Waals surface area contributed by atoms with Gasteiger partial charge in [0.1, 0.15) is 0 Å². The van der Waals surface area contributed by atoms with Crippen LogP contribution in [0.15, 0.2) is 0 Å². The molecule has 0 unspecified atom stereocenters. The van der Waals surface area contributed by atoms with Crippen molar-refractivity contribution in [3.8, 4) is 0 Å². The normalized spacial score (nSPS) is 11.0. The zero-order valence-corrected chi connectivity index (χ0v) is 20.8. The van der Waals surface area contributed by atoms with E-state index in [0.717, 1.165) is 32.1 Å². The van der Waals surface area contributed by atoms with Gasteiger partial charge in [-0.3, -0.25) is 14.5 Å². The molecule has 0 spiro atoms. The van der Waals surface area contributed by atoms with E-state index in [9.17, 15) is 9.59 Å². The van der Waals surface area contributed by atoms with Crippen molar-refractivity contribution in [2.24, 2.45) is 0 Å². The second-order valence-corrected chi connectivity index (χ2v) is 9.10. The minimum absolute atomic E-state index is 0.0562. The van der Waals surface area contributed by atoms with Crippen molar-refractivity contribution < 1.29 is 9.59 Å². The summed E-state index contributed by atoms with van der Waals surface area (Å²) in [7, 11) is 0. The quantitative estimate of drug-likeness (QED) is 0.163. The van der Waals surface area contributed by atoms with Gasteiger partial charge in [-0.1, -0.05) is 124 Å². The number of rotatable bonds is 22. The van der Waals surface area contributed by atoms with Crippen molar-refractivity contribution in [3.63, 3.8) is 0 Å². The number of hydrogen-bond acceptors (Lipinski definition) is 2. The van der Waals surface area contributed by atoms with Gasteiger partial charge in [0.15, 0.2) is 0 Å². The lowest BCUT2D eigenvalue weighted by molar-refractivity contribution is -0.145. The van der Waals surface area contributed by atoms with Gasteiger partial charge in [-0.05, 0) is 19.3 Å². The van der Waals surface area contributed by atoms with Gasteiger partial charge in [-0.15, -0.1) is 0 Å². The molecular formula is C27H53NO2. The lowest BCUT2D eigenvalue weighted by Gasteiger charge is -2.20. The fourth-order valence-electron chi connectivity index (χ4n) is 4.06. The number of nitrogens with zero attached hydrogens (tertiary/aromatic N) is 1. The van der Waals surface area contributed by atoms with Gasteiger partial charge in [0, 0.05) is 19.4 Å². The number of amides is 2. The van der Waals surface area contributed by atoms with Crippen LogP contribution >= 0.6 is 0 Å². The third-order valence-corrected chi connectivity index (χ3v) is 6.04. The highest BCUT2D eigenvalue weighted by Crippen LogP contribution is 2.14. The predicted octanol–water partition coefficient (Wildman–Crippen LogP) is 8.59. The van der Waals surface area contributed by atoms with Crippen LogP contribution in [-0.2, 0) is 9.59 Å². The SMILES string of the molecule is CCCCCCCCCCCC(=O)N(CCC)C(=O)CCCCCCCCCCC. The molecule has 0 saturated carbocycles. The first-order valence-electron chi connectivity index (χ1n) is 13.5. The fraction of sp³-hybridized carbons (Fsp3) is 0.926. The van der Waals surface area contributed by atoms with Crippen LogP contribution < -0.4 is 0 Å². The van der Waals surface area contributed by atoms with E-state index in [4.69, 9.17) is 0 Å². The first kappa shape index (κ1) is 29.1. The average Bonchev–Trinajstić information content (AvgIpc) is 2.74. The van der Waals surface area contributed by atoms with E-state index in [1.807, 2.05) is 6.92 Å². The number of carbonyl (C=O) groups excluding carboxylic acids is 2. The molecule has 0 N–H and O–H groups in total. The lowest BCUT2D eigenvalue weighted by Crippen LogP contribution is -2.37. The maximum Gasteiger partial charge on any atom is 0.229 e. The predicted molar refractivity (Wildman–Crippen MR) is 131 cm³/mol. The molecule has 0 saturated heterocycles. The first-order valence-corrected chi connectivity index (χ1v) is 13.5. The summed E-state index contributed by atoms with van der Waals surface area (Å²) in [4.78, 5) is 26.6. The minimum Gasteiger partial charge on any atom is -0.283 e. The molecule has 0 fully saturated rings. The zero-order chi connectivity index (χ0) is 22.3. The molecule has 0 rings (SSSR count). The smallest absolute Gasteiger partial charge is 0.229 e. The molecule has 0 aromatic carbocycles. The number of imide groups is 1. The molecule has 0 bridgehead atoms. The Labute approximate surface area is 188 Å². The number of hydrogen-bond donors (Lipinski definition) is 0. The van der Waals surface area contributed by atoms with E-state index in [2.05, 4.69) is 13.8 Å². The molecule has 0 aromatic heterocycles. The summed E-state index contributed by atoms with van der Waals surface area (Å²) in [6, 6.07) is 0. The van der Waals surface area contributed by atoms with E-state index in [-0.39, 0.29) is 11.8 Å². The van der Waals surface area contributed by atoms with Crippen LogP contribution in [0.1, 0.15) is 156 Å². The summed E-state index contributed by atoms with van der Waals surface area (Å²) in [5.41, 5.74) is 0. The van der Waals surface area contributed by atoms with E-state index in [0.29, 0.717) is 19.4 Å². The largest absolute Gasteiger partial charge is 0.283 e. The highest BCUT2D eigenvalue weighted by atomic mass is 16.2. The topological polar surface area (TPSA) is 37.4 Å². The van der Waals surface area contributed by atoms with E-state index >= 15 is 0 Å². The number of unbranched alkanes of at least 4 members (excludes halogenated alkanes) is 16.